The van der Waals surface area contributed by atoms with Crippen molar-refractivity contribution in [3.63, 3.8) is 0 Å². The number of benzene rings is 1. The second kappa shape index (κ2) is 7.61. The molecule has 0 bridgehead atoms. The van der Waals surface area contributed by atoms with Gasteiger partial charge in [-0.25, -0.2) is 0 Å². The van der Waals surface area contributed by atoms with Crippen molar-refractivity contribution in [2.24, 2.45) is 0 Å². The van der Waals surface area contributed by atoms with Crippen LogP contribution in [0.4, 0.5) is 5.69 Å². The van der Waals surface area contributed by atoms with Crippen molar-refractivity contribution < 1.29 is 9.47 Å². The number of thiocarbonyl (C=S) groups is 1. The minimum absolute atomic E-state index is 0.0862. The van der Waals surface area contributed by atoms with Crippen molar-refractivity contribution >= 4 is 23.0 Å². The summed E-state index contributed by atoms with van der Waals surface area (Å²) in [6.07, 6.45) is 3.52. The van der Waals surface area contributed by atoms with Crippen molar-refractivity contribution in [2.45, 2.75) is 13.0 Å². The first-order chi connectivity index (χ1) is 10.6. The van der Waals surface area contributed by atoms with Crippen LogP contribution in [0.25, 0.3) is 0 Å². The third-order valence-corrected chi connectivity index (χ3v) is 3.42. The Kier molecular flexibility index (Phi) is 5.55. The fourth-order valence-corrected chi connectivity index (χ4v) is 2.31. The van der Waals surface area contributed by atoms with Gasteiger partial charge in [0.1, 0.15) is 0 Å². The van der Waals surface area contributed by atoms with Crippen molar-refractivity contribution in [3.8, 4) is 11.5 Å². The second-order valence-corrected chi connectivity index (χ2v) is 5.08. The summed E-state index contributed by atoms with van der Waals surface area (Å²) in [5.41, 5.74) is 1.95. The van der Waals surface area contributed by atoms with Crippen molar-refractivity contribution in [1.82, 2.24) is 10.3 Å². The number of aromatic nitrogens is 1. The molecule has 0 amide bonds. The number of rotatable bonds is 5. The summed E-state index contributed by atoms with van der Waals surface area (Å²) in [5.74, 6) is 1.33. The first kappa shape index (κ1) is 16.0. The van der Waals surface area contributed by atoms with Gasteiger partial charge >= 0.3 is 0 Å². The molecule has 0 unspecified atom stereocenters. The van der Waals surface area contributed by atoms with Crippen LogP contribution in [-0.4, -0.2) is 24.3 Å². The monoisotopic (exact) mass is 317 g/mol. The van der Waals surface area contributed by atoms with E-state index in [1.807, 2.05) is 37.3 Å². The molecule has 6 heteroatoms. The van der Waals surface area contributed by atoms with Crippen LogP contribution in [0.15, 0.2) is 42.7 Å². The molecule has 1 atom stereocenters. The van der Waals surface area contributed by atoms with E-state index in [0.717, 1.165) is 11.3 Å². The summed E-state index contributed by atoms with van der Waals surface area (Å²) >= 11 is 5.34. The van der Waals surface area contributed by atoms with Gasteiger partial charge in [-0.15, -0.1) is 0 Å². The number of nitrogens with zero attached hydrogens (tertiary/aromatic N) is 1. The maximum absolute atomic E-state index is 5.34. The zero-order valence-electron chi connectivity index (χ0n) is 12.8. The van der Waals surface area contributed by atoms with Crippen LogP contribution in [-0.2, 0) is 0 Å². The molecule has 22 heavy (non-hydrogen) atoms. The Morgan fingerprint density at radius 1 is 1.09 bits per heavy atom. The molecule has 0 saturated heterocycles. The fraction of sp³-hybridized carbons (Fsp3) is 0.250. The summed E-state index contributed by atoms with van der Waals surface area (Å²) < 4.78 is 10.5. The van der Waals surface area contributed by atoms with Crippen LogP contribution in [0.1, 0.15) is 18.5 Å². The third-order valence-electron chi connectivity index (χ3n) is 3.20. The van der Waals surface area contributed by atoms with Crippen LogP contribution in [0, 0.1) is 0 Å². The highest BCUT2D eigenvalue weighted by atomic mass is 32.1. The van der Waals surface area contributed by atoms with Gasteiger partial charge in [-0.05, 0) is 49.0 Å². The molecule has 0 spiro atoms. The fourth-order valence-electron chi connectivity index (χ4n) is 2.01. The standard InChI is InChI=1S/C16H19N3O2S/c1-11(12-6-8-17-9-7-12)18-16(22)19-13-4-5-14(20-2)15(10-13)21-3/h4-11H,1-3H3,(H2,18,19,22)/t11-/m0/s1. The lowest BCUT2D eigenvalue weighted by molar-refractivity contribution is 0.355. The smallest absolute Gasteiger partial charge is 0.171 e. The molecule has 2 aromatic rings. The predicted molar refractivity (Wildman–Crippen MR) is 91.6 cm³/mol. The highest BCUT2D eigenvalue weighted by Crippen LogP contribution is 2.29. The van der Waals surface area contributed by atoms with Gasteiger partial charge < -0.3 is 20.1 Å². The van der Waals surface area contributed by atoms with Crippen LogP contribution in [0.2, 0.25) is 0 Å². The van der Waals surface area contributed by atoms with E-state index in [2.05, 4.69) is 15.6 Å². The van der Waals surface area contributed by atoms with Crippen LogP contribution in [0.5, 0.6) is 11.5 Å². The average molecular weight is 317 g/mol. The number of hydrogen-bond acceptors (Lipinski definition) is 4. The molecule has 0 aliphatic heterocycles. The van der Waals surface area contributed by atoms with Gasteiger partial charge in [0.05, 0.1) is 20.3 Å². The molecule has 1 aromatic heterocycles. The zero-order chi connectivity index (χ0) is 15.9. The third kappa shape index (κ3) is 4.08. The van der Waals surface area contributed by atoms with Crippen molar-refractivity contribution in [3.05, 3.63) is 48.3 Å². The van der Waals surface area contributed by atoms with E-state index < -0.39 is 0 Å². The number of anilines is 1. The Bertz CT molecular complexity index is 635. The normalized spacial score (nSPS) is 11.4. The molecular weight excluding hydrogens is 298 g/mol. The zero-order valence-corrected chi connectivity index (χ0v) is 13.6. The molecule has 5 nitrogen and oxygen atoms in total. The van der Waals surface area contributed by atoms with Crippen LogP contribution >= 0.6 is 12.2 Å². The van der Waals surface area contributed by atoms with Gasteiger partial charge in [0.2, 0.25) is 0 Å². The van der Waals surface area contributed by atoms with Gasteiger partial charge in [-0.3, -0.25) is 4.98 Å². The summed E-state index contributed by atoms with van der Waals surface area (Å²) in [7, 11) is 3.21. The molecule has 1 aromatic carbocycles. The number of pyridine rings is 1. The van der Waals surface area contributed by atoms with Crippen molar-refractivity contribution in [1.29, 1.82) is 0 Å². The van der Waals surface area contributed by atoms with Crippen LogP contribution in [0.3, 0.4) is 0 Å². The van der Waals surface area contributed by atoms with E-state index in [4.69, 9.17) is 21.7 Å². The lowest BCUT2D eigenvalue weighted by atomic mass is 10.1. The Hall–Kier alpha value is -2.34. The quantitative estimate of drug-likeness (QED) is 0.826. The SMILES string of the molecule is COc1ccc(NC(=S)N[C@@H](C)c2ccncc2)cc1OC. The molecule has 0 aliphatic carbocycles. The summed E-state index contributed by atoms with van der Waals surface area (Å²) in [6.45, 7) is 2.04. The van der Waals surface area contributed by atoms with E-state index in [0.29, 0.717) is 16.6 Å². The van der Waals surface area contributed by atoms with E-state index in [1.165, 1.54) is 0 Å². The maximum atomic E-state index is 5.34. The number of ether oxygens (including phenoxy) is 2. The molecule has 1 heterocycles. The lowest BCUT2D eigenvalue weighted by Gasteiger charge is -2.18. The topological polar surface area (TPSA) is 55.4 Å². The molecular formula is C16H19N3O2S. The van der Waals surface area contributed by atoms with Crippen molar-refractivity contribution in [2.75, 3.05) is 19.5 Å². The Balaban J connectivity index is 2.00. The molecule has 2 N–H and O–H groups in total. The number of hydrogen-bond donors (Lipinski definition) is 2. The number of methoxy groups -OCH3 is 2. The Morgan fingerprint density at radius 2 is 1.77 bits per heavy atom. The highest BCUT2D eigenvalue weighted by molar-refractivity contribution is 7.80. The van der Waals surface area contributed by atoms with Gasteiger partial charge in [0.25, 0.3) is 0 Å². The molecule has 116 valence electrons. The number of nitrogens with one attached hydrogen (secondary N) is 2. The summed E-state index contributed by atoms with van der Waals surface area (Å²) in [6, 6.07) is 9.54. The minimum atomic E-state index is 0.0862. The van der Waals surface area contributed by atoms with Gasteiger partial charge in [0, 0.05) is 24.1 Å². The van der Waals surface area contributed by atoms with Gasteiger partial charge in [-0.2, -0.15) is 0 Å². The molecule has 0 saturated carbocycles. The largest absolute Gasteiger partial charge is 0.493 e. The van der Waals surface area contributed by atoms with E-state index in [1.54, 1.807) is 26.6 Å². The highest BCUT2D eigenvalue weighted by Gasteiger charge is 2.08. The summed E-state index contributed by atoms with van der Waals surface area (Å²) in [5, 5.41) is 6.91. The molecule has 0 fully saturated rings. The molecule has 0 aliphatic rings. The van der Waals surface area contributed by atoms with E-state index in [-0.39, 0.29) is 6.04 Å². The van der Waals surface area contributed by atoms with E-state index >= 15 is 0 Å². The lowest BCUT2D eigenvalue weighted by Crippen LogP contribution is -2.30. The van der Waals surface area contributed by atoms with E-state index in [9.17, 15) is 0 Å². The average Bonchev–Trinajstić information content (AvgIpc) is 2.55. The first-order valence-electron chi connectivity index (χ1n) is 6.83. The second-order valence-electron chi connectivity index (χ2n) is 4.67. The Morgan fingerprint density at radius 3 is 2.41 bits per heavy atom. The predicted octanol–water partition coefficient (Wildman–Crippen LogP) is 3.15. The Labute approximate surface area is 135 Å². The maximum Gasteiger partial charge on any atom is 0.171 e. The summed E-state index contributed by atoms with van der Waals surface area (Å²) in [4.78, 5) is 4.01. The van der Waals surface area contributed by atoms with Gasteiger partial charge in [0.15, 0.2) is 16.6 Å². The minimum Gasteiger partial charge on any atom is -0.493 e. The first-order valence-corrected chi connectivity index (χ1v) is 7.24. The van der Waals surface area contributed by atoms with Gasteiger partial charge in [-0.1, -0.05) is 0 Å². The molecule has 0 radical (unpaired) electrons. The van der Waals surface area contributed by atoms with Crippen LogP contribution < -0.4 is 20.1 Å². The molecule has 2 rings (SSSR count).